The predicted octanol–water partition coefficient (Wildman–Crippen LogP) is 3.29. The van der Waals surface area contributed by atoms with Gasteiger partial charge < -0.3 is 10.1 Å². The minimum atomic E-state index is 0.0962. The summed E-state index contributed by atoms with van der Waals surface area (Å²) in [5.41, 5.74) is 3.92. The first-order chi connectivity index (χ1) is 10.3. The summed E-state index contributed by atoms with van der Waals surface area (Å²) in [6, 6.07) is 10.9. The molecular weight excluding hydrogens is 328 g/mol. The van der Waals surface area contributed by atoms with Crippen LogP contribution in [0.4, 0.5) is 0 Å². The van der Waals surface area contributed by atoms with Crippen LogP contribution in [0.1, 0.15) is 22.8 Å². The largest absolute Gasteiger partial charge is 0.372 e. The number of fused-ring (bicyclic) bond motifs is 1. The van der Waals surface area contributed by atoms with Crippen molar-refractivity contribution in [1.29, 1.82) is 0 Å². The van der Waals surface area contributed by atoms with Gasteiger partial charge in [-0.2, -0.15) is 0 Å². The number of likely N-dealkylation sites (N-methyl/N-ethyl adjacent to an activating group) is 1. The van der Waals surface area contributed by atoms with E-state index in [1.807, 2.05) is 19.4 Å². The number of nitrogens with one attached hydrogen (secondary N) is 1. The van der Waals surface area contributed by atoms with Gasteiger partial charge in [0.25, 0.3) is 0 Å². The Labute approximate surface area is 133 Å². The summed E-state index contributed by atoms with van der Waals surface area (Å²) in [5, 5.41) is 3.41. The topological polar surface area (TPSA) is 34.2 Å². The Morgan fingerprint density at radius 3 is 3.05 bits per heavy atom. The van der Waals surface area contributed by atoms with Gasteiger partial charge in [-0.1, -0.05) is 24.3 Å². The van der Waals surface area contributed by atoms with Crippen molar-refractivity contribution in [2.24, 2.45) is 0 Å². The monoisotopic (exact) mass is 346 g/mol. The number of ether oxygens (including phenoxy) is 1. The summed E-state index contributed by atoms with van der Waals surface area (Å²) in [4.78, 5) is 4.25. The Balaban J connectivity index is 1.84. The molecule has 0 amide bonds. The van der Waals surface area contributed by atoms with Crippen molar-refractivity contribution in [2.75, 3.05) is 13.7 Å². The van der Waals surface area contributed by atoms with Crippen LogP contribution in [0, 0.1) is 0 Å². The van der Waals surface area contributed by atoms with Crippen LogP contribution in [0.15, 0.2) is 47.2 Å². The molecule has 0 aliphatic carbocycles. The minimum Gasteiger partial charge on any atom is -0.372 e. The Kier molecular flexibility index (Phi) is 4.68. The van der Waals surface area contributed by atoms with E-state index in [1.165, 1.54) is 16.7 Å². The zero-order valence-electron chi connectivity index (χ0n) is 12.1. The minimum absolute atomic E-state index is 0.0962. The molecule has 1 aliphatic heterocycles. The van der Waals surface area contributed by atoms with Crippen molar-refractivity contribution < 1.29 is 4.74 Å². The van der Waals surface area contributed by atoms with Crippen molar-refractivity contribution in [3.05, 3.63) is 63.9 Å². The molecule has 1 aliphatic rings. The molecule has 0 saturated carbocycles. The number of nitrogens with zero attached hydrogens (tertiary/aromatic N) is 1. The Morgan fingerprint density at radius 1 is 1.38 bits per heavy atom. The maximum atomic E-state index is 6.07. The second-order valence-corrected chi connectivity index (χ2v) is 6.27. The van der Waals surface area contributed by atoms with Gasteiger partial charge in [-0.3, -0.25) is 4.98 Å². The van der Waals surface area contributed by atoms with Gasteiger partial charge in [0, 0.05) is 22.9 Å². The lowest BCUT2D eigenvalue weighted by atomic mass is 9.90. The van der Waals surface area contributed by atoms with E-state index in [-0.39, 0.29) is 12.1 Å². The third-order valence-corrected chi connectivity index (χ3v) is 4.42. The Hall–Kier alpha value is -1.23. The normalized spacial score (nSPS) is 19.0. The molecule has 0 bridgehead atoms. The molecule has 4 heteroatoms. The Morgan fingerprint density at radius 2 is 2.24 bits per heavy atom. The summed E-state index contributed by atoms with van der Waals surface area (Å²) >= 11 is 3.48. The molecule has 3 rings (SSSR count). The zero-order valence-corrected chi connectivity index (χ0v) is 13.6. The van der Waals surface area contributed by atoms with Crippen LogP contribution in [0.5, 0.6) is 0 Å². The molecule has 3 nitrogen and oxygen atoms in total. The maximum Gasteiger partial charge on any atom is 0.0983 e. The van der Waals surface area contributed by atoms with Crippen molar-refractivity contribution in [1.82, 2.24) is 10.3 Å². The molecule has 1 N–H and O–H groups in total. The second-order valence-electron chi connectivity index (χ2n) is 5.35. The van der Waals surface area contributed by atoms with Gasteiger partial charge >= 0.3 is 0 Å². The van der Waals surface area contributed by atoms with Crippen molar-refractivity contribution in [3.63, 3.8) is 0 Å². The molecule has 21 heavy (non-hydrogen) atoms. The summed E-state index contributed by atoms with van der Waals surface area (Å²) in [6.07, 6.45) is 5.72. The number of halogens is 1. The quantitative estimate of drug-likeness (QED) is 0.922. The third kappa shape index (κ3) is 3.34. The van der Waals surface area contributed by atoms with Gasteiger partial charge in [0.15, 0.2) is 0 Å². The highest BCUT2D eigenvalue weighted by Crippen LogP contribution is 2.31. The lowest BCUT2D eigenvalue weighted by Gasteiger charge is -2.32. The van der Waals surface area contributed by atoms with Crippen molar-refractivity contribution in [2.45, 2.75) is 25.0 Å². The maximum absolute atomic E-state index is 6.07. The van der Waals surface area contributed by atoms with Gasteiger partial charge in [0.2, 0.25) is 0 Å². The summed E-state index contributed by atoms with van der Waals surface area (Å²) < 4.78 is 7.08. The standard InChI is InChI=1S/C17H19BrN2O/c1-19-16(9-12-8-14(18)11-20-10-12)17-15-5-3-2-4-13(15)6-7-21-17/h2-5,8,10-11,16-17,19H,6-7,9H2,1H3. The van der Waals surface area contributed by atoms with E-state index in [2.05, 4.69) is 56.6 Å². The van der Waals surface area contributed by atoms with Gasteiger partial charge in [0.1, 0.15) is 0 Å². The number of aromatic nitrogens is 1. The Bertz CT molecular complexity index is 617. The smallest absolute Gasteiger partial charge is 0.0983 e. The SMILES string of the molecule is CNC(Cc1cncc(Br)c1)C1OCCc2ccccc21. The number of rotatable bonds is 4. The lowest BCUT2D eigenvalue weighted by molar-refractivity contribution is 0.0172. The predicted molar refractivity (Wildman–Crippen MR) is 87.3 cm³/mol. The van der Waals surface area contributed by atoms with Crippen LogP contribution < -0.4 is 5.32 Å². The number of hydrogen-bond donors (Lipinski definition) is 1. The fourth-order valence-electron chi connectivity index (χ4n) is 2.94. The molecule has 0 fully saturated rings. The molecule has 0 spiro atoms. The van der Waals surface area contributed by atoms with Crippen LogP contribution in [-0.2, 0) is 17.6 Å². The number of benzene rings is 1. The third-order valence-electron chi connectivity index (χ3n) is 3.98. The van der Waals surface area contributed by atoms with E-state index in [0.29, 0.717) is 0 Å². The highest BCUT2D eigenvalue weighted by atomic mass is 79.9. The van der Waals surface area contributed by atoms with Gasteiger partial charge in [-0.25, -0.2) is 0 Å². The number of hydrogen-bond acceptors (Lipinski definition) is 3. The molecular formula is C17H19BrN2O. The first kappa shape index (κ1) is 14.7. The molecule has 0 radical (unpaired) electrons. The second kappa shape index (κ2) is 6.69. The fraction of sp³-hybridized carbons (Fsp3) is 0.353. The van der Waals surface area contributed by atoms with E-state index in [9.17, 15) is 0 Å². The summed E-state index contributed by atoms with van der Waals surface area (Å²) in [6.45, 7) is 0.788. The highest BCUT2D eigenvalue weighted by Gasteiger charge is 2.27. The fourth-order valence-corrected chi connectivity index (χ4v) is 3.35. The van der Waals surface area contributed by atoms with E-state index in [0.717, 1.165) is 23.9 Å². The van der Waals surface area contributed by atoms with Crippen LogP contribution in [-0.4, -0.2) is 24.7 Å². The molecule has 2 heterocycles. The van der Waals surface area contributed by atoms with Gasteiger partial charge in [0.05, 0.1) is 12.7 Å². The van der Waals surface area contributed by atoms with Gasteiger partial charge in [-0.05, 0) is 58.6 Å². The lowest BCUT2D eigenvalue weighted by Crippen LogP contribution is -2.38. The zero-order chi connectivity index (χ0) is 14.7. The van der Waals surface area contributed by atoms with E-state index in [1.54, 1.807) is 0 Å². The van der Waals surface area contributed by atoms with E-state index >= 15 is 0 Å². The van der Waals surface area contributed by atoms with Crippen LogP contribution >= 0.6 is 15.9 Å². The molecule has 1 aromatic carbocycles. The van der Waals surface area contributed by atoms with Crippen molar-refractivity contribution >= 4 is 15.9 Å². The van der Waals surface area contributed by atoms with E-state index < -0.39 is 0 Å². The van der Waals surface area contributed by atoms with Crippen molar-refractivity contribution in [3.8, 4) is 0 Å². The molecule has 110 valence electrons. The number of pyridine rings is 1. The average Bonchev–Trinajstić information content (AvgIpc) is 2.52. The summed E-state index contributed by atoms with van der Waals surface area (Å²) in [5.74, 6) is 0. The average molecular weight is 347 g/mol. The molecule has 2 atom stereocenters. The van der Waals surface area contributed by atoms with Crippen LogP contribution in [0.2, 0.25) is 0 Å². The molecule has 0 saturated heterocycles. The summed E-state index contributed by atoms with van der Waals surface area (Å²) in [7, 11) is 2.00. The van der Waals surface area contributed by atoms with E-state index in [4.69, 9.17) is 4.74 Å². The molecule has 1 aromatic heterocycles. The highest BCUT2D eigenvalue weighted by molar-refractivity contribution is 9.10. The first-order valence-corrected chi connectivity index (χ1v) is 8.03. The first-order valence-electron chi connectivity index (χ1n) is 7.24. The van der Waals surface area contributed by atoms with Gasteiger partial charge in [-0.15, -0.1) is 0 Å². The molecule has 2 aromatic rings. The molecule has 2 unspecified atom stereocenters. The van der Waals surface area contributed by atoms with Crippen LogP contribution in [0.25, 0.3) is 0 Å². The van der Waals surface area contributed by atoms with Crippen LogP contribution in [0.3, 0.4) is 0 Å².